The summed E-state index contributed by atoms with van der Waals surface area (Å²) in [5.41, 5.74) is 6.62. The Bertz CT molecular complexity index is 516. The normalized spacial score (nSPS) is 10.1. The molecule has 0 saturated heterocycles. The molecule has 0 fully saturated rings. The lowest BCUT2D eigenvalue weighted by atomic mass is 10.2. The zero-order chi connectivity index (χ0) is 11.5. The first-order valence-corrected chi connectivity index (χ1v) is 5.46. The van der Waals surface area contributed by atoms with Crippen LogP contribution in [0.1, 0.15) is 5.56 Å². The number of aryl methyl sites for hydroxylation is 1. The van der Waals surface area contributed by atoms with E-state index in [1.807, 2.05) is 25.1 Å². The molecule has 2 N–H and O–H groups in total. The summed E-state index contributed by atoms with van der Waals surface area (Å²) in [5.74, 6) is 1.55. The maximum atomic E-state index is 5.54. The van der Waals surface area contributed by atoms with Crippen molar-refractivity contribution < 1.29 is 4.74 Å². The standard InChI is InChI=1S/C11H10BrN3O/c1-7-4-8(2-3-9(7)12)16-11-5-10(13)14-6-15-11/h2-6H,1H3,(H2,13,14,15). The highest BCUT2D eigenvalue weighted by molar-refractivity contribution is 9.10. The number of hydrogen-bond donors (Lipinski definition) is 1. The van der Waals surface area contributed by atoms with E-state index < -0.39 is 0 Å². The van der Waals surface area contributed by atoms with Crippen LogP contribution in [0.3, 0.4) is 0 Å². The molecule has 0 spiro atoms. The summed E-state index contributed by atoms with van der Waals surface area (Å²) in [5, 5.41) is 0. The molecule has 0 aliphatic carbocycles. The Balaban J connectivity index is 2.24. The molecule has 0 unspecified atom stereocenters. The molecule has 0 saturated carbocycles. The Labute approximate surface area is 102 Å². The predicted octanol–water partition coefficient (Wildman–Crippen LogP) is 2.92. The maximum Gasteiger partial charge on any atom is 0.224 e. The van der Waals surface area contributed by atoms with Crippen molar-refractivity contribution in [2.75, 3.05) is 5.73 Å². The quantitative estimate of drug-likeness (QED) is 0.918. The summed E-state index contributed by atoms with van der Waals surface area (Å²) in [7, 11) is 0. The molecule has 2 aromatic rings. The van der Waals surface area contributed by atoms with E-state index in [2.05, 4.69) is 25.9 Å². The summed E-state index contributed by atoms with van der Waals surface area (Å²) in [6.07, 6.45) is 1.37. The number of ether oxygens (including phenoxy) is 1. The van der Waals surface area contributed by atoms with Gasteiger partial charge in [-0.15, -0.1) is 0 Å². The van der Waals surface area contributed by atoms with E-state index in [0.29, 0.717) is 11.7 Å². The average molecular weight is 280 g/mol. The zero-order valence-corrected chi connectivity index (χ0v) is 10.2. The lowest BCUT2D eigenvalue weighted by Crippen LogP contribution is -1.94. The number of nitrogen functional groups attached to an aromatic ring is 1. The first kappa shape index (κ1) is 10.9. The third-order valence-electron chi connectivity index (χ3n) is 2.01. The van der Waals surface area contributed by atoms with E-state index in [9.17, 15) is 0 Å². The Morgan fingerprint density at radius 1 is 1.25 bits per heavy atom. The van der Waals surface area contributed by atoms with Crippen LogP contribution in [0.25, 0.3) is 0 Å². The van der Waals surface area contributed by atoms with Crippen molar-refractivity contribution >= 4 is 21.7 Å². The lowest BCUT2D eigenvalue weighted by molar-refractivity contribution is 0.461. The second-order valence-electron chi connectivity index (χ2n) is 3.29. The summed E-state index contributed by atoms with van der Waals surface area (Å²) in [6, 6.07) is 7.28. The molecule has 0 aliphatic rings. The fourth-order valence-electron chi connectivity index (χ4n) is 1.21. The van der Waals surface area contributed by atoms with E-state index in [-0.39, 0.29) is 0 Å². The van der Waals surface area contributed by atoms with Crippen molar-refractivity contribution in [3.63, 3.8) is 0 Å². The SMILES string of the molecule is Cc1cc(Oc2cc(N)ncn2)ccc1Br. The number of hydrogen-bond acceptors (Lipinski definition) is 4. The maximum absolute atomic E-state index is 5.54. The van der Waals surface area contributed by atoms with E-state index >= 15 is 0 Å². The Morgan fingerprint density at radius 2 is 2.06 bits per heavy atom. The van der Waals surface area contributed by atoms with Crippen LogP contribution in [-0.2, 0) is 0 Å². The van der Waals surface area contributed by atoms with Crippen molar-refractivity contribution in [3.8, 4) is 11.6 Å². The van der Waals surface area contributed by atoms with Crippen LogP contribution in [0.15, 0.2) is 35.1 Å². The van der Waals surface area contributed by atoms with E-state index in [1.165, 1.54) is 6.33 Å². The molecule has 4 nitrogen and oxygen atoms in total. The van der Waals surface area contributed by atoms with Gasteiger partial charge in [-0.1, -0.05) is 15.9 Å². The van der Waals surface area contributed by atoms with Crippen molar-refractivity contribution in [1.29, 1.82) is 0 Å². The van der Waals surface area contributed by atoms with Gasteiger partial charge in [0.1, 0.15) is 17.9 Å². The number of anilines is 1. The number of nitrogens with zero attached hydrogens (tertiary/aromatic N) is 2. The van der Waals surface area contributed by atoms with E-state index in [0.717, 1.165) is 15.8 Å². The van der Waals surface area contributed by atoms with Gasteiger partial charge in [-0.05, 0) is 30.7 Å². The molecule has 0 amide bonds. The summed E-state index contributed by atoms with van der Waals surface area (Å²) in [6.45, 7) is 1.99. The molecule has 0 atom stereocenters. The zero-order valence-electron chi connectivity index (χ0n) is 8.64. The van der Waals surface area contributed by atoms with Gasteiger partial charge in [-0.2, -0.15) is 0 Å². The number of aromatic nitrogens is 2. The minimum absolute atomic E-state index is 0.388. The molecule has 1 aromatic heterocycles. The monoisotopic (exact) mass is 279 g/mol. The molecule has 2 rings (SSSR count). The third kappa shape index (κ3) is 2.49. The molecule has 0 radical (unpaired) electrons. The van der Waals surface area contributed by atoms with Gasteiger partial charge in [0.2, 0.25) is 5.88 Å². The number of rotatable bonds is 2. The number of nitrogens with two attached hydrogens (primary N) is 1. The van der Waals surface area contributed by atoms with E-state index in [4.69, 9.17) is 10.5 Å². The van der Waals surface area contributed by atoms with Crippen LogP contribution in [0.5, 0.6) is 11.6 Å². The van der Waals surface area contributed by atoms with Gasteiger partial charge in [0.05, 0.1) is 0 Å². The molecule has 1 heterocycles. The van der Waals surface area contributed by atoms with Crippen molar-refractivity contribution in [2.24, 2.45) is 0 Å². The largest absolute Gasteiger partial charge is 0.439 e. The fourth-order valence-corrected chi connectivity index (χ4v) is 1.46. The minimum atomic E-state index is 0.388. The van der Waals surface area contributed by atoms with Crippen LogP contribution < -0.4 is 10.5 Å². The smallest absolute Gasteiger partial charge is 0.224 e. The molecule has 1 aromatic carbocycles. The minimum Gasteiger partial charge on any atom is -0.439 e. The Hall–Kier alpha value is -1.62. The third-order valence-corrected chi connectivity index (χ3v) is 2.90. The molecule has 0 bridgehead atoms. The molecule has 5 heteroatoms. The van der Waals surface area contributed by atoms with Crippen LogP contribution in [-0.4, -0.2) is 9.97 Å². The predicted molar refractivity (Wildman–Crippen MR) is 65.4 cm³/mol. The van der Waals surface area contributed by atoms with Crippen LogP contribution in [0.2, 0.25) is 0 Å². The Kier molecular flexibility index (Phi) is 3.05. The second-order valence-corrected chi connectivity index (χ2v) is 4.15. The highest BCUT2D eigenvalue weighted by Gasteiger charge is 2.01. The number of benzene rings is 1. The lowest BCUT2D eigenvalue weighted by Gasteiger charge is -2.06. The van der Waals surface area contributed by atoms with Crippen LogP contribution >= 0.6 is 15.9 Å². The van der Waals surface area contributed by atoms with Crippen LogP contribution in [0.4, 0.5) is 5.82 Å². The summed E-state index contributed by atoms with van der Waals surface area (Å²) in [4.78, 5) is 7.75. The van der Waals surface area contributed by atoms with Gasteiger partial charge in [0, 0.05) is 10.5 Å². The molecular formula is C11H10BrN3O. The highest BCUT2D eigenvalue weighted by atomic mass is 79.9. The number of halogens is 1. The van der Waals surface area contributed by atoms with Crippen molar-refractivity contribution in [3.05, 3.63) is 40.6 Å². The summed E-state index contributed by atoms with van der Waals surface area (Å²) >= 11 is 3.43. The Morgan fingerprint density at radius 3 is 2.75 bits per heavy atom. The highest BCUT2D eigenvalue weighted by Crippen LogP contribution is 2.25. The van der Waals surface area contributed by atoms with Gasteiger partial charge in [-0.25, -0.2) is 9.97 Å². The molecule has 82 valence electrons. The second kappa shape index (κ2) is 4.49. The molecule has 0 aliphatic heterocycles. The van der Waals surface area contributed by atoms with Crippen molar-refractivity contribution in [1.82, 2.24) is 9.97 Å². The van der Waals surface area contributed by atoms with Gasteiger partial charge < -0.3 is 10.5 Å². The summed E-state index contributed by atoms with van der Waals surface area (Å²) < 4.78 is 6.59. The van der Waals surface area contributed by atoms with Gasteiger partial charge in [-0.3, -0.25) is 0 Å². The molecule has 16 heavy (non-hydrogen) atoms. The van der Waals surface area contributed by atoms with E-state index in [1.54, 1.807) is 6.07 Å². The van der Waals surface area contributed by atoms with Crippen LogP contribution in [0, 0.1) is 6.92 Å². The van der Waals surface area contributed by atoms with Gasteiger partial charge in [0.25, 0.3) is 0 Å². The average Bonchev–Trinajstić information content (AvgIpc) is 2.24. The topological polar surface area (TPSA) is 61.0 Å². The van der Waals surface area contributed by atoms with Gasteiger partial charge >= 0.3 is 0 Å². The molecular weight excluding hydrogens is 270 g/mol. The first-order valence-electron chi connectivity index (χ1n) is 4.66. The fraction of sp³-hybridized carbons (Fsp3) is 0.0909. The first-order chi connectivity index (χ1) is 7.65. The van der Waals surface area contributed by atoms with Crippen molar-refractivity contribution in [2.45, 2.75) is 6.92 Å². The van der Waals surface area contributed by atoms with Gasteiger partial charge in [0.15, 0.2) is 0 Å².